The number of nitrogens with two attached hydrogens (primary N) is 1. The molecular formula is C12H17NO4S. The van der Waals surface area contributed by atoms with Crippen LogP contribution in [0.15, 0.2) is 29.2 Å². The predicted octanol–water partition coefficient (Wildman–Crippen LogP) is 1.21. The summed E-state index contributed by atoms with van der Waals surface area (Å²) in [6, 6.07) is 5.08. The Morgan fingerprint density at radius 2 is 1.72 bits per heavy atom. The van der Waals surface area contributed by atoms with E-state index < -0.39 is 22.1 Å². The van der Waals surface area contributed by atoms with Crippen molar-refractivity contribution in [3.8, 4) is 0 Å². The first-order chi connectivity index (χ1) is 8.24. The lowest BCUT2D eigenvalue weighted by molar-refractivity contribution is -0.136. The molecule has 6 heteroatoms. The van der Waals surface area contributed by atoms with Gasteiger partial charge in [-0.2, -0.15) is 8.42 Å². The first-order valence-electron chi connectivity index (χ1n) is 5.54. The summed E-state index contributed by atoms with van der Waals surface area (Å²) in [7, 11) is -4.08. The minimum absolute atomic E-state index is 0.0580. The van der Waals surface area contributed by atoms with Crippen LogP contribution in [-0.2, 0) is 19.1 Å². The Labute approximate surface area is 107 Å². The Morgan fingerprint density at radius 1 is 1.22 bits per heavy atom. The molecule has 2 N–H and O–H groups in total. The number of benzene rings is 1. The van der Waals surface area contributed by atoms with E-state index in [4.69, 9.17) is 5.73 Å². The van der Waals surface area contributed by atoms with E-state index >= 15 is 0 Å². The molecule has 1 aromatic carbocycles. The number of carbonyl (C=O) groups is 1. The molecule has 0 spiro atoms. The van der Waals surface area contributed by atoms with Gasteiger partial charge in [0.1, 0.15) is 10.9 Å². The van der Waals surface area contributed by atoms with Gasteiger partial charge in [-0.05, 0) is 25.0 Å². The third kappa shape index (κ3) is 3.54. The van der Waals surface area contributed by atoms with Gasteiger partial charge >= 0.3 is 16.1 Å². The summed E-state index contributed by atoms with van der Waals surface area (Å²) in [6.07, 6.45) is 0. The second-order valence-electron chi connectivity index (χ2n) is 4.44. The van der Waals surface area contributed by atoms with E-state index in [0.717, 1.165) is 5.56 Å². The van der Waals surface area contributed by atoms with Crippen molar-refractivity contribution in [2.24, 2.45) is 11.7 Å². The molecule has 1 aromatic rings. The third-order valence-corrected chi connectivity index (χ3v) is 3.73. The zero-order valence-electron chi connectivity index (χ0n) is 10.6. The molecule has 0 radical (unpaired) electrons. The van der Waals surface area contributed by atoms with E-state index in [1.807, 2.05) is 6.92 Å². The van der Waals surface area contributed by atoms with Crippen molar-refractivity contribution in [3.05, 3.63) is 29.8 Å². The summed E-state index contributed by atoms with van der Waals surface area (Å²) in [6.45, 7) is 5.26. The standard InChI is InChI=1S/C12H17NO4S/c1-8(2)11(13)12(14)17-18(15,16)10-6-4-9(3)5-7-10/h4-8,11H,13H2,1-3H3. The van der Waals surface area contributed by atoms with Crippen LogP contribution in [0.3, 0.4) is 0 Å². The largest absolute Gasteiger partial charge is 0.341 e. The summed E-state index contributed by atoms with van der Waals surface area (Å²) in [5.74, 6) is -1.13. The van der Waals surface area contributed by atoms with E-state index in [1.54, 1.807) is 26.0 Å². The Bertz CT molecular complexity index is 520. The average molecular weight is 271 g/mol. The summed E-state index contributed by atoms with van der Waals surface area (Å²) >= 11 is 0. The highest BCUT2D eigenvalue weighted by Gasteiger charge is 2.26. The molecule has 0 fully saturated rings. The van der Waals surface area contributed by atoms with Gasteiger partial charge in [0.25, 0.3) is 0 Å². The molecule has 5 nitrogen and oxygen atoms in total. The minimum Gasteiger partial charge on any atom is -0.341 e. The summed E-state index contributed by atoms with van der Waals surface area (Å²) in [4.78, 5) is 11.5. The van der Waals surface area contributed by atoms with Crippen molar-refractivity contribution >= 4 is 16.1 Å². The molecule has 0 amide bonds. The van der Waals surface area contributed by atoms with Crippen molar-refractivity contribution < 1.29 is 17.4 Å². The zero-order chi connectivity index (χ0) is 13.9. The first-order valence-corrected chi connectivity index (χ1v) is 6.95. The molecule has 100 valence electrons. The van der Waals surface area contributed by atoms with E-state index in [-0.39, 0.29) is 10.8 Å². The molecule has 0 aliphatic rings. The molecule has 0 aliphatic carbocycles. The maximum absolute atomic E-state index is 11.8. The van der Waals surface area contributed by atoms with Crippen molar-refractivity contribution in [2.45, 2.75) is 31.7 Å². The van der Waals surface area contributed by atoms with Gasteiger partial charge in [-0.25, -0.2) is 4.79 Å². The van der Waals surface area contributed by atoms with Gasteiger partial charge in [0, 0.05) is 0 Å². The lowest BCUT2D eigenvalue weighted by Gasteiger charge is -2.14. The topological polar surface area (TPSA) is 86.5 Å². The Morgan fingerprint density at radius 3 is 2.17 bits per heavy atom. The van der Waals surface area contributed by atoms with Crippen LogP contribution >= 0.6 is 0 Å². The fraction of sp³-hybridized carbons (Fsp3) is 0.417. The van der Waals surface area contributed by atoms with Gasteiger partial charge < -0.3 is 9.92 Å². The highest BCUT2D eigenvalue weighted by Crippen LogP contribution is 2.14. The number of rotatable bonds is 4. The Balaban J connectivity index is 2.89. The molecule has 1 rings (SSSR count). The number of hydrogen-bond acceptors (Lipinski definition) is 5. The predicted molar refractivity (Wildman–Crippen MR) is 67.3 cm³/mol. The van der Waals surface area contributed by atoms with Gasteiger partial charge in [-0.1, -0.05) is 31.5 Å². The second kappa shape index (κ2) is 5.49. The molecule has 0 aliphatic heterocycles. The first kappa shape index (κ1) is 14.7. The average Bonchev–Trinajstić information content (AvgIpc) is 2.27. The van der Waals surface area contributed by atoms with Crippen LogP contribution < -0.4 is 5.73 Å². The Hall–Kier alpha value is -1.40. The van der Waals surface area contributed by atoms with Gasteiger partial charge in [-0.15, -0.1) is 0 Å². The van der Waals surface area contributed by atoms with Crippen molar-refractivity contribution in [2.75, 3.05) is 0 Å². The van der Waals surface area contributed by atoms with Crippen molar-refractivity contribution in [1.82, 2.24) is 0 Å². The van der Waals surface area contributed by atoms with Crippen LogP contribution in [0.5, 0.6) is 0 Å². The summed E-state index contributed by atoms with van der Waals surface area (Å²) < 4.78 is 28.1. The summed E-state index contributed by atoms with van der Waals surface area (Å²) in [5.41, 5.74) is 6.45. The monoisotopic (exact) mass is 271 g/mol. The van der Waals surface area contributed by atoms with Crippen LogP contribution in [0.1, 0.15) is 19.4 Å². The van der Waals surface area contributed by atoms with Crippen molar-refractivity contribution in [1.29, 1.82) is 0 Å². The maximum atomic E-state index is 11.8. The van der Waals surface area contributed by atoms with Gasteiger partial charge in [0.2, 0.25) is 0 Å². The molecule has 1 unspecified atom stereocenters. The van der Waals surface area contributed by atoms with Gasteiger partial charge in [-0.3, -0.25) is 0 Å². The third-order valence-electron chi connectivity index (χ3n) is 2.49. The number of carbonyl (C=O) groups excluding carboxylic acids is 1. The normalized spacial score (nSPS) is 13.4. The molecule has 0 saturated carbocycles. The fourth-order valence-electron chi connectivity index (χ4n) is 1.19. The molecule has 0 aromatic heterocycles. The van der Waals surface area contributed by atoms with Gasteiger partial charge in [0.15, 0.2) is 0 Å². The lowest BCUT2D eigenvalue weighted by atomic mass is 10.1. The van der Waals surface area contributed by atoms with E-state index in [9.17, 15) is 13.2 Å². The van der Waals surface area contributed by atoms with Crippen LogP contribution in [0.4, 0.5) is 0 Å². The quantitative estimate of drug-likeness (QED) is 0.832. The van der Waals surface area contributed by atoms with E-state index in [2.05, 4.69) is 4.18 Å². The number of aryl methyl sites for hydroxylation is 1. The van der Waals surface area contributed by atoms with Crippen molar-refractivity contribution in [3.63, 3.8) is 0 Å². The van der Waals surface area contributed by atoms with Crippen LogP contribution in [0, 0.1) is 12.8 Å². The second-order valence-corrected chi connectivity index (χ2v) is 5.99. The maximum Gasteiger partial charge on any atom is 0.341 e. The van der Waals surface area contributed by atoms with Crippen LogP contribution in [0.25, 0.3) is 0 Å². The highest BCUT2D eigenvalue weighted by atomic mass is 32.2. The number of hydrogen-bond donors (Lipinski definition) is 1. The zero-order valence-corrected chi connectivity index (χ0v) is 11.4. The SMILES string of the molecule is Cc1ccc(S(=O)(=O)OC(=O)C(N)C(C)C)cc1. The smallest absolute Gasteiger partial charge is 0.341 e. The lowest BCUT2D eigenvalue weighted by Crippen LogP contribution is -2.38. The van der Waals surface area contributed by atoms with Gasteiger partial charge in [0.05, 0.1) is 0 Å². The molecule has 0 heterocycles. The van der Waals surface area contributed by atoms with Crippen LogP contribution in [0.2, 0.25) is 0 Å². The minimum atomic E-state index is -4.08. The molecule has 1 atom stereocenters. The molecule has 0 saturated heterocycles. The van der Waals surface area contributed by atoms with E-state index in [0.29, 0.717) is 0 Å². The summed E-state index contributed by atoms with van der Waals surface area (Å²) in [5, 5.41) is 0. The molecule has 0 bridgehead atoms. The van der Waals surface area contributed by atoms with E-state index in [1.165, 1.54) is 12.1 Å². The molecule has 18 heavy (non-hydrogen) atoms. The Kier molecular flexibility index (Phi) is 4.48. The van der Waals surface area contributed by atoms with Crippen LogP contribution in [-0.4, -0.2) is 20.4 Å². The highest BCUT2D eigenvalue weighted by molar-refractivity contribution is 7.87. The molecular weight excluding hydrogens is 254 g/mol. The fourth-order valence-corrected chi connectivity index (χ4v) is 2.08.